The van der Waals surface area contributed by atoms with E-state index in [2.05, 4.69) is 39.9 Å². The van der Waals surface area contributed by atoms with E-state index in [9.17, 15) is 0 Å². The average Bonchev–Trinajstić information content (AvgIpc) is 2.75. The van der Waals surface area contributed by atoms with E-state index in [0.29, 0.717) is 6.54 Å². The molecule has 2 N–H and O–H groups in total. The molecule has 0 aliphatic heterocycles. The molecule has 18 heavy (non-hydrogen) atoms. The van der Waals surface area contributed by atoms with Crippen LogP contribution < -0.4 is 5.73 Å². The third-order valence-corrected chi connectivity index (χ3v) is 3.16. The fraction of sp³-hybridized carbons (Fsp3) is 0.133. The summed E-state index contributed by atoms with van der Waals surface area (Å²) in [7, 11) is 0. The van der Waals surface area contributed by atoms with Crippen molar-refractivity contribution in [3.05, 3.63) is 59.9 Å². The van der Waals surface area contributed by atoms with Gasteiger partial charge in [-0.3, -0.25) is 4.57 Å². The molecule has 2 aromatic carbocycles. The minimum Gasteiger partial charge on any atom is -0.326 e. The van der Waals surface area contributed by atoms with Crippen LogP contribution in [-0.2, 0) is 6.54 Å². The van der Waals surface area contributed by atoms with Gasteiger partial charge in [0.05, 0.1) is 11.0 Å². The summed E-state index contributed by atoms with van der Waals surface area (Å²) in [5, 5.41) is 0. The summed E-state index contributed by atoms with van der Waals surface area (Å²) in [6, 6.07) is 16.5. The smallest absolute Gasteiger partial charge is 0.111 e. The lowest BCUT2D eigenvalue weighted by molar-refractivity contribution is 0.994. The Hall–Kier alpha value is -2.13. The van der Waals surface area contributed by atoms with E-state index in [-0.39, 0.29) is 0 Å². The van der Waals surface area contributed by atoms with Crippen LogP contribution >= 0.6 is 0 Å². The number of aryl methyl sites for hydroxylation is 1. The zero-order valence-corrected chi connectivity index (χ0v) is 10.3. The lowest BCUT2D eigenvalue weighted by atomic mass is 10.2. The van der Waals surface area contributed by atoms with Gasteiger partial charge in [0.25, 0.3) is 0 Å². The van der Waals surface area contributed by atoms with Crippen molar-refractivity contribution in [2.45, 2.75) is 13.5 Å². The molecule has 0 saturated heterocycles. The highest BCUT2D eigenvalue weighted by Crippen LogP contribution is 2.21. The molecule has 0 bridgehead atoms. The predicted molar refractivity (Wildman–Crippen MR) is 73.7 cm³/mol. The fourth-order valence-electron chi connectivity index (χ4n) is 2.25. The second-order valence-corrected chi connectivity index (χ2v) is 4.35. The molecule has 0 spiro atoms. The third kappa shape index (κ3) is 1.69. The van der Waals surface area contributed by atoms with Crippen LogP contribution in [0.2, 0.25) is 0 Å². The van der Waals surface area contributed by atoms with Gasteiger partial charge >= 0.3 is 0 Å². The van der Waals surface area contributed by atoms with Crippen LogP contribution in [0, 0.1) is 6.92 Å². The summed E-state index contributed by atoms with van der Waals surface area (Å²) in [4.78, 5) is 4.57. The van der Waals surface area contributed by atoms with Crippen molar-refractivity contribution in [1.29, 1.82) is 0 Å². The normalized spacial score (nSPS) is 11.0. The molecule has 90 valence electrons. The van der Waals surface area contributed by atoms with Crippen LogP contribution in [0.1, 0.15) is 11.4 Å². The van der Waals surface area contributed by atoms with Crippen LogP contribution in [0.25, 0.3) is 16.7 Å². The fourth-order valence-corrected chi connectivity index (χ4v) is 2.25. The molecule has 3 heteroatoms. The van der Waals surface area contributed by atoms with E-state index >= 15 is 0 Å². The predicted octanol–water partition coefficient (Wildman–Crippen LogP) is 2.79. The Morgan fingerprint density at radius 2 is 1.78 bits per heavy atom. The number of benzene rings is 2. The molecule has 0 amide bonds. The Morgan fingerprint density at radius 1 is 1.06 bits per heavy atom. The maximum atomic E-state index is 5.62. The van der Waals surface area contributed by atoms with E-state index in [1.165, 1.54) is 0 Å². The second kappa shape index (κ2) is 4.27. The van der Waals surface area contributed by atoms with Crippen molar-refractivity contribution in [2.75, 3.05) is 0 Å². The summed E-state index contributed by atoms with van der Waals surface area (Å²) < 4.78 is 2.16. The monoisotopic (exact) mass is 237 g/mol. The number of hydrogen-bond donors (Lipinski definition) is 1. The molecular weight excluding hydrogens is 222 g/mol. The van der Waals surface area contributed by atoms with E-state index in [0.717, 1.165) is 28.1 Å². The number of nitrogens with two attached hydrogens (primary N) is 1. The number of para-hydroxylation sites is 2. The van der Waals surface area contributed by atoms with E-state index in [1.807, 2.05) is 25.1 Å². The van der Waals surface area contributed by atoms with Crippen LogP contribution in [0.4, 0.5) is 0 Å². The van der Waals surface area contributed by atoms with E-state index < -0.39 is 0 Å². The van der Waals surface area contributed by atoms with Crippen LogP contribution in [-0.4, -0.2) is 9.55 Å². The van der Waals surface area contributed by atoms with Gasteiger partial charge in [-0.05, 0) is 36.8 Å². The molecule has 1 heterocycles. The Balaban J connectivity index is 2.20. The zero-order chi connectivity index (χ0) is 12.5. The highest BCUT2D eigenvalue weighted by molar-refractivity contribution is 5.78. The quantitative estimate of drug-likeness (QED) is 0.744. The molecule has 3 rings (SSSR count). The molecule has 3 aromatic rings. The van der Waals surface area contributed by atoms with Crippen molar-refractivity contribution in [1.82, 2.24) is 9.55 Å². The summed E-state index contributed by atoms with van der Waals surface area (Å²) in [6.45, 7) is 2.60. The molecule has 0 fully saturated rings. The number of nitrogens with zero attached hydrogens (tertiary/aromatic N) is 2. The van der Waals surface area contributed by atoms with Gasteiger partial charge in [0.1, 0.15) is 5.82 Å². The molecular formula is C15H15N3. The first-order chi connectivity index (χ1) is 8.79. The SMILES string of the molecule is Cc1nc2ccccc2n1-c1ccc(CN)cc1. The van der Waals surface area contributed by atoms with Crippen LogP contribution in [0.3, 0.4) is 0 Å². The molecule has 0 atom stereocenters. The summed E-state index contributed by atoms with van der Waals surface area (Å²) in [6.07, 6.45) is 0. The Labute approximate surface area is 106 Å². The zero-order valence-electron chi connectivity index (χ0n) is 10.3. The van der Waals surface area contributed by atoms with Crippen LogP contribution in [0.5, 0.6) is 0 Å². The highest BCUT2D eigenvalue weighted by atomic mass is 15.1. The number of imidazole rings is 1. The highest BCUT2D eigenvalue weighted by Gasteiger charge is 2.07. The first-order valence-electron chi connectivity index (χ1n) is 6.03. The summed E-state index contributed by atoms with van der Waals surface area (Å²) >= 11 is 0. The van der Waals surface area contributed by atoms with E-state index in [1.54, 1.807) is 0 Å². The number of hydrogen-bond acceptors (Lipinski definition) is 2. The largest absolute Gasteiger partial charge is 0.326 e. The Kier molecular flexibility index (Phi) is 2.61. The standard InChI is InChI=1S/C15H15N3/c1-11-17-14-4-2-3-5-15(14)18(11)13-8-6-12(10-16)7-9-13/h2-9H,10,16H2,1H3. The minimum absolute atomic E-state index is 0.573. The second-order valence-electron chi connectivity index (χ2n) is 4.35. The molecule has 0 radical (unpaired) electrons. The Bertz CT molecular complexity index is 681. The lowest BCUT2D eigenvalue weighted by Crippen LogP contribution is -1.99. The number of rotatable bonds is 2. The van der Waals surface area contributed by atoms with Gasteiger partial charge in [0.2, 0.25) is 0 Å². The number of fused-ring (bicyclic) bond motifs is 1. The van der Waals surface area contributed by atoms with Crippen LogP contribution in [0.15, 0.2) is 48.5 Å². The topological polar surface area (TPSA) is 43.8 Å². The minimum atomic E-state index is 0.573. The van der Waals surface area contributed by atoms with Gasteiger partial charge in [-0.2, -0.15) is 0 Å². The van der Waals surface area contributed by atoms with Gasteiger partial charge in [0, 0.05) is 12.2 Å². The van der Waals surface area contributed by atoms with Gasteiger partial charge < -0.3 is 5.73 Å². The average molecular weight is 237 g/mol. The first-order valence-corrected chi connectivity index (χ1v) is 6.03. The third-order valence-electron chi connectivity index (χ3n) is 3.16. The lowest BCUT2D eigenvalue weighted by Gasteiger charge is -2.07. The molecule has 0 unspecified atom stereocenters. The number of aromatic nitrogens is 2. The van der Waals surface area contributed by atoms with Crippen molar-refractivity contribution in [2.24, 2.45) is 5.73 Å². The molecule has 3 nitrogen and oxygen atoms in total. The van der Waals surface area contributed by atoms with Crippen molar-refractivity contribution in [3.8, 4) is 5.69 Å². The first kappa shape index (κ1) is 11.0. The Morgan fingerprint density at radius 3 is 2.50 bits per heavy atom. The summed E-state index contributed by atoms with van der Waals surface area (Å²) in [5.74, 6) is 0.997. The van der Waals surface area contributed by atoms with Crippen molar-refractivity contribution in [3.63, 3.8) is 0 Å². The maximum Gasteiger partial charge on any atom is 0.111 e. The molecule has 0 saturated carbocycles. The van der Waals surface area contributed by atoms with Gasteiger partial charge in [-0.25, -0.2) is 4.98 Å². The van der Waals surface area contributed by atoms with Crippen molar-refractivity contribution < 1.29 is 0 Å². The molecule has 0 aliphatic carbocycles. The van der Waals surface area contributed by atoms with E-state index in [4.69, 9.17) is 5.73 Å². The van der Waals surface area contributed by atoms with Gasteiger partial charge in [-0.15, -0.1) is 0 Å². The van der Waals surface area contributed by atoms with Gasteiger partial charge in [-0.1, -0.05) is 24.3 Å². The molecule has 0 aliphatic rings. The summed E-state index contributed by atoms with van der Waals surface area (Å²) in [5.41, 5.74) is 10.0. The molecule has 1 aromatic heterocycles. The maximum absolute atomic E-state index is 5.62. The van der Waals surface area contributed by atoms with Crippen molar-refractivity contribution >= 4 is 11.0 Å². The van der Waals surface area contributed by atoms with Gasteiger partial charge in [0.15, 0.2) is 0 Å².